The largest absolute Gasteiger partial charge is 0.467 e. The van der Waals surface area contributed by atoms with Crippen LogP contribution in [0.1, 0.15) is 27.7 Å². The highest BCUT2D eigenvalue weighted by Gasteiger charge is 2.26. The van der Waals surface area contributed by atoms with E-state index in [-0.39, 0.29) is 11.9 Å². The standard InChI is InChI=1S/C12H8N2O2/c15-12-9-5-2-1-4-8(9)11(13-14-12)10-6-3-7-16-10/h1-7,11H. The number of furan rings is 1. The number of azo groups is 1. The molecule has 4 heteroatoms. The summed E-state index contributed by atoms with van der Waals surface area (Å²) in [6.45, 7) is 0. The predicted octanol–water partition coefficient (Wildman–Crippen LogP) is 2.98. The van der Waals surface area contributed by atoms with Crippen LogP contribution in [0.5, 0.6) is 0 Å². The summed E-state index contributed by atoms with van der Waals surface area (Å²) in [5.74, 6) is 0.405. The maximum atomic E-state index is 11.5. The van der Waals surface area contributed by atoms with E-state index in [0.29, 0.717) is 11.3 Å². The van der Waals surface area contributed by atoms with E-state index in [9.17, 15) is 4.79 Å². The van der Waals surface area contributed by atoms with Crippen LogP contribution in [-0.2, 0) is 0 Å². The van der Waals surface area contributed by atoms with E-state index in [1.807, 2.05) is 24.3 Å². The van der Waals surface area contributed by atoms with Crippen molar-refractivity contribution in [3.63, 3.8) is 0 Å². The first-order valence-electron chi connectivity index (χ1n) is 4.94. The highest BCUT2D eigenvalue weighted by Crippen LogP contribution is 2.32. The first-order chi connectivity index (χ1) is 7.86. The number of carbonyl (C=O) groups is 1. The monoisotopic (exact) mass is 212 g/mol. The summed E-state index contributed by atoms with van der Waals surface area (Å²) in [5, 5.41) is 7.61. The van der Waals surface area contributed by atoms with E-state index in [4.69, 9.17) is 4.42 Å². The van der Waals surface area contributed by atoms with Gasteiger partial charge in [0, 0.05) is 5.56 Å². The predicted molar refractivity (Wildman–Crippen MR) is 56.2 cm³/mol. The molecular weight excluding hydrogens is 204 g/mol. The topological polar surface area (TPSA) is 54.9 Å². The van der Waals surface area contributed by atoms with E-state index in [1.165, 1.54) is 0 Å². The van der Waals surface area contributed by atoms with Crippen molar-refractivity contribution >= 4 is 5.91 Å². The van der Waals surface area contributed by atoms with Gasteiger partial charge in [-0.15, -0.1) is 5.11 Å². The molecule has 0 aliphatic carbocycles. The van der Waals surface area contributed by atoms with Gasteiger partial charge in [-0.25, -0.2) is 0 Å². The van der Waals surface area contributed by atoms with Gasteiger partial charge in [-0.1, -0.05) is 18.2 Å². The Bertz CT molecular complexity index is 558. The zero-order valence-corrected chi connectivity index (χ0v) is 8.33. The van der Waals surface area contributed by atoms with Crippen molar-refractivity contribution in [2.24, 2.45) is 10.2 Å². The van der Waals surface area contributed by atoms with Gasteiger partial charge in [0.1, 0.15) is 5.76 Å². The second-order valence-electron chi connectivity index (χ2n) is 3.53. The molecule has 1 atom stereocenters. The van der Waals surface area contributed by atoms with Crippen molar-refractivity contribution < 1.29 is 9.21 Å². The van der Waals surface area contributed by atoms with Crippen LogP contribution in [0.15, 0.2) is 57.3 Å². The molecule has 0 spiro atoms. The van der Waals surface area contributed by atoms with Crippen LogP contribution in [0.3, 0.4) is 0 Å². The number of amides is 1. The minimum atomic E-state index is -0.302. The third-order valence-electron chi connectivity index (χ3n) is 2.56. The summed E-state index contributed by atoms with van der Waals surface area (Å²) >= 11 is 0. The lowest BCUT2D eigenvalue weighted by molar-refractivity contribution is 0.0985. The number of hydrogen-bond acceptors (Lipinski definition) is 3. The van der Waals surface area contributed by atoms with E-state index in [0.717, 1.165) is 5.56 Å². The third kappa shape index (κ3) is 1.27. The Hall–Kier alpha value is -2.23. The van der Waals surface area contributed by atoms with Crippen molar-refractivity contribution in [2.45, 2.75) is 6.04 Å². The first-order valence-corrected chi connectivity index (χ1v) is 4.94. The molecule has 0 N–H and O–H groups in total. The second-order valence-corrected chi connectivity index (χ2v) is 3.53. The van der Waals surface area contributed by atoms with Gasteiger partial charge in [-0.3, -0.25) is 4.79 Å². The molecule has 16 heavy (non-hydrogen) atoms. The van der Waals surface area contributed by atoms with Gasteiger partial charge in [0.2, 0.25) is 0 Å². The number of rotatable bonds is 1. The number of nitrogens with zero attached hydrogens (tertiary/aromatic N) is 2. The summed E-state index contributed by atoms with van der Waals surface area (Å²) in [6.07, 6.45) is 1.59. The lowest BCUT2D eigenvalue weighted by atomic mass is 9.98. The Labute approximate surface area is 91.6 Å². The molecule has 0 saturated carbocycles. The van der Waals surface area contributed by atoms with Crippen molar-refractivity contribution in [1.82, 2.24) is 0 Å². The molecule has 1 aliphatic rings. The highest BCUT2D eigenvalue weighted by molar-refractivity contribution is 5.97. The van der Waals surface area contributed by atoms with Crippen LogP contribution < -0.4 is 0 Å². The van der Waals surface area contributed by atoms with Crippen molar-refractivity contribution in [3.05, 3.63) is 59.5 Å². The normalized spacial score (nSPS) is 18.5. The quantitative estimate of drug-likeness (QED) is 0.729. The molecule has 0 saturated heterocycles. The average molecular weight is 212 g/mol. The molecular formula is C12H8N2O2. The molecule has 1 unspecified atom stereocenters. The molecule has 78 valence electrons. The maximum absolute atomic E-state index is 11.5. The lowest BCUT2D eigenvalue weighted by Crippen LogP contribution is -2.10. The van der Waals surface area contributed by atoms with Crippen LogP contribution in [0.2, 0.25) is 0 Å². The Balaban J connectivity index is 2.16. The van der Waals surface area contributed by atoms with Crippen LogP contribution >= 0.6 is 0 Å². The van der Waals surface area contributed by atoms with Gasteiger partial charge in [0.25, 0.3) is 5.91 Å². The smallest absolute Gasteiger partial charge is 0.295 e. The fourth-order valence-corrected chi connectivity index (χ4v) is 1.81. The molecule has 1 aromatic carbocycles. The summed E-state index contributed by atoms with van der Waals surface area (Å²) in [5.41, 5.74) is 1.44. The minimum Gasteiger partial charge on any atom is -0.467 e. The van der Waals surface area contributed by atoms with Crippen LogP contribution in [0.25, 0.3) is 0 Å². The van der Waals surface area contributed by atoms with E-state index in [1.54, 1.807) is 18.4 Å². The van der Waals surface area contributed by atoms with Crippen molar-refractivity contribution in [3.8, 4) is 0 Å². The van der Waals surface area contributed by atoms with Crippen LogP contribution in [0.4, 0.5) is 0 Å². The molecule has 0 radical (unpaired) electrons. The third-order valence-corrected chi connectivity index (χ3v) is 2.56. The fraction of sp³-hybridized carbons (Fsp3) is 0.0833. The molecule has 1 aromatic heterocycles. The van der Waals surface area contributed by atoms with Gasteiger partial charge in [-0.2, -0.15) is 5.11 Å². The minimum absolute atomic E-state index is 0.293. The number of benzene rings is 1. The van der Waals surface area contributed by atoms with E-state index < -0.39 is 0 Å². The summed E-state index contributed by atoms with van der Waals surface area (Å²) < 4.78 is 5.30. The summed E-state index contributed by atoms with van der Waals surface area (Å²) in [7, 11) is 0. The molecule has 2 heterocycles. The van der Waals surface area contributed by atoms with Crippen molar-refractivity contribution in [2.75, 3.05) is 0 Å². The average Bonchev–Trinajstić information content (AvgIpc) is 2.83. The van der Waals surface area contributed by atoms with Crippen molar-refractivity contribution in [1.29, 1.82) is 0 Å². The van der Waals surface area contributed by atoms with E-state index >= 15 is 0 Å². The molecule has 0 fully saturated rings. The Morgan fingerprint density at radius 3 is 2.81 bits per heavy atom. The summed E-state index contributed by atoms with van der Waals surface area (Å²) in [6, 6.07) is 10.6. The molecule has 1 aliphatic heterocycles. The Morgan fingerprint density at radius 2 is 2.00 bits per heavy atom. The van der Waals surface area contributed by atoms with Gasteiger partial charge in [0.05, 0.1) is 6.26 Å². The van der Waals surface area contributed by atoms with Gasteiger partial charge in [-0.05, 0) is 23.8 Å². The van der Waals surface area contributed by atoms with Gasteiger partial charge < -0.3 is 4.42 Å². The second kappa shape index (κ2) is 3.41. The molecule has 2 aromatic rings. The molecule has 4 nitrogen and oxygen atoms in total. The highest BCUT2D eigenvalue weighted by atomic mass is 16.3. The number of hydrogen-bond donors (Lipinski definition) is 0. The lowest BCUT2D eigenvalue weighted by Gasteiger charge is -2.15. The molecule has 1 amide bonds. The first kappa shape index (κ1) is 9.03. The zero-order chi connectivity index (χ0) is 11.0. The van der Waals surface area contributed by atoms with Crippen LogP contribution in [0, 0.1) is 0 Å². The molecule has 0 bridgehead atoms. The van der Waals surface area contributed by atoms with Crippen LogP contribution in [-0.4, -0.2) is 5.91 Å². The molecule has 3 rings (SSSR count). The fourth-order valence-electron chi connectivity index (χ4n) is 1.81. The number of fused-ring (bicyclic) bond motifs is 1. The number of carbonyl (C=O) groups excluding carboxylic acids is 1. The zero-order valence-electron chi connectivity index (χ0n) is 8.33. The maximum Gasteiger partial charge on any atom is 0.295 e. The van der Waals surface area contributed by atoms with E-state index in [2.05, 4.69) is 10.2 Å². The summed E-state index contributed by atoms with van der Waals surface area (Å²) in [4.78, 5) is 11.5. The SMILES string of the molecule is O=C1N=NC(c2ccco2)c2ccccc21. The Kier molecular flexibility index (Phi) is 1.93. The Morgan fingerprint density at radius 1 is 1.12 bits per heavy atom. The van der Waals surface area contributed by atoms with Gasteiger partial charge >= 0.3 is 0 Å². The van der Waals surface area contributed by atoms with Gasteiger partial charge in [0.15, 0.2) is 6.04 Å².